The molecule has 0 fully saturated rings. The third-order valence-electron chi connectivity index (χ3n) is 3.20. The number of thiocarbonyl (C=S) groups is 1. The average Bonchev–Trinajstić information content (AvgIpc) is 2.82. The summed E-state index contributed by atoms with van der Waals surface area (Å²) in [5.41, 5.74) is 9.12. The Morgan fingerprint density at radius 1 is 1.11 bits per heavy atom. The minimum atomic E-state index is 0.388. The standard InChI is InChI=1S/C14H13N3S/c15-14(18)10-5-6-13(16-7-10)17-8-11-3-1-2-4-12(11)9-17/h1-7H,8-9H2,(H2,15,18). The van der Waals surface area contributed by atoms with Gasteiger partial charge in [0.2, 0.25) is 0 Å². The molecule has 0 aliphatic carbocycles. The van der Waals surface area contributed by atoms with Crippen LogP contribution >= 0.6 is 12.2 Å². The van der Waals surface area contributed by atoms with Gasteiger partial charge < -0.3 is 10.6 Å². The fraction of sp³-hybridized carbons (Fsp3) is 0.143. The van der Waals surface area contributed by atoms with E-state index in [-0.39, 0.29) is 0 Å². The maximum absolute atomic E-state index is 5.56. The molecule has 0 unspecified atom stereocenters. The van der Waals surface area contributed by atoms with E-state index in [1.807, 2.05) is 12.1 Å². The van der Waals surface area contributed by atoms with Crippen LogP contribution in [0.1, 0.15) is 16.7 Å². The predicted molar refractivity (Wildman–Crippen MR) is 76.5 cm³/mol. The topological polar surface area (TPSA) is 42.1 Å². The van der Waals surface area contributed by atoms with Crippen LogP contribution in [-0.2, 0) is 13.1 Å². The first-order chi connectivity index (χ1) is 8.74. The van der Waals surface area contributed by atoms with E-state index < -0.39 is 0 Å². The molecule has 2 heterocycles. The molecule has 0 spiro atoms. The molecule has 1 aliphatic heterocycles. The number of nitrogens with zero attached hydrogens (tertiary/aromatic N) is 2. The van der Waals surface area contributed by atoms with Gasteiger partial charge in [-0.15, -0.1) is 0 Å². The van der Waals surface area contributed by atoms with Gasteiger partial charge in [0.05, 0.1) is 0 Å². The number of nitrogens with two attached hydrogens (primary N) is 1. The van der Waals surface area contributed by atoms with Crippen molar-refractivity contribution in [1.29, 1.82) is 0 Å². The highest BCUT2D eigenvalue weighted by Crippen LogP contribution is 2.26. The SMILES string of the molecule is NC(=S)c1ccc(N2Cc3ccccc3C2)nc1. The van der Waals surface area contributed by atoms with Crippen molar-refractivity contribution in [3.8, 4) is 0 Å². The normalized spacial score (nSPS) is 13.4. The summed E-state index contributed by atoms with van der Waals surface area (Å²) in [7, 11) is 0. The van der Waals surface area contributed by atoms with Crippen molar-refractivity contribution in [3.63, 3.8) is 0 Å². The molecular formula is C14H13N3S. The van der Waals surface area contributed by atoms with E-state index in [4.69, 9.17) is 18.0 Å². The Balaban J connectivity index is 1.84. The van der Waals surface area contributed by atoms with Crippen LogP contribution in [0, 0.1) is 0 Å². The second kappa shape index (κ2) is 4.38. The molecule has 0 saturated carbocycles. The number of anilines is 1. The summed E-state index contributed by atoms with van der Waals surface area (Å²) in [5, 5.41) is 0. The third kappa shape index (κ3) is 1.95. The molecule has 0 radical (unpaired) electrons. The third-order valence-corrected chi connectivity index (χ3v) is 3.43. The number of benzene rings is 1. The van der Waals surface area contributed by atoms with Crippen molar-refractivity contribution < 1.29 is 0 Å². The molecule has 1 aromatic heterocycles. The molecule has 2 aromatic rings. The van der Waals surface area contributed by atoms with Crippen molar-refractivity contribution in [2.24, 2.45) is 5.73 Å². The highest BCUT2D eigenvalue weighted by atomic mass is 32.1. The molecule has 3 nitrogen and oxygen atoms in total. The van der Waals surface area contributed by atoms with Gasteiger partial charge in [0, 0.05) is 24.8 Å². The van der Waals surface area contributed by atoms with E-state index in [2.05, 4.69) is 34.1 Å². The van der Waals surface area contributed by atoms with Crippen LogP contribution < -0.4 is 10.6 Å². The monoisotopic (exact) mass is 255 g/mol. The van der Waals surface area contributed by atoms with E-state index in [1.165, 1.54) is 11.1 Å². The molecule has 0 saturated heterocycles. The van der Waals surface area contributed by atoms with Crippen molar-refractivity contribution in [2.45, 2.75) is 13.1 Å². The summed E-state index contributed by atoms with van der Waals surface area (Å²) >= 11 is 4.92. The second-order valence-corrected chi connectivity index (χ2v) is 4.83. The van der Waals surface area contributed by atoms with Crippen LogP contribution in [0.15, 0.2) is 42.6 Å². The number of aromatic nitrogens is 1. The lowest BCUT2D eigenvalue weighted by Gasteiger charge is -2.16. The summed E-state index contributed by atoms with van der Waals surface area (Å²) in [4.78, 5) is 7.06. The smallest absolute Gasteiger partial charge is 0.129 e. The Bertz CT molecular complexity index is 567. The summed E-state index contributed by atoms with van der Waals surface area (Å²) in [6.45, 7) is 1.82. The van der Waals surface area contributed by atoms with Crippen molar-refractivity contribution in [2.75, 3.05) is 4.90 Å². The fourth-order valence-electron chi connectivity index (χ4n) is 2.21. The van der Waals surface area contributed by atoms with Gasteiger partial charge in [0.15, 0.2) is 0 Å². The number of rotatable bonds is 2. The van der Waals surface area contributed by atoms with Crippen molar-refractivity contribution in [1.82, 2.24) is 4.98 Å². The van der Waals surface area contributed by atoms with Gasteiger partial charge >= 0.3 is 0 Å². The second-order valence-electron chi connectivity index (χ2n) is 4.39. The first-order valence-corrected chi connectivity index (χ1v) is 6.22. The van der Waals surface area contributed by atoms with Crippen LogP contribution in [-0.4, -0.2) is 9.97 Å². The number of fused-ring (bicyclic) bond motifs is 1. The molecule has 2 N–H and O–H groups in total. The quantitative estimate of drug-likeness (QED) is 0.836. The zero-order valence-electron chi connectivity index (χ0n) is 9.84. The van der Waals surface area contributed by atoms with Gasteiger partial charge in [-0.2, -0.15) is 0 Å². The zero-order chi connectivity index (χ0) is 12.5. The Labute approximate surface area is 111 Å². The fourth-order valence-corrected chi connectivity index (χ4v) is 2.33. The lowest BCUT2D eigenvalue weighted by molar-refractivity contribution is 0.856. The zero-order valence-corrected chi connectivity index (χ0v) is 10.7. The molecule has 3 rings (SSSR count). The molecular weight excluding hydrogens is 242 g/mol. The molecule has 1 aliphatic rings. The number of hydrogen-bond donors (Lipinski definition) is 1. The molecule has 1 aromatic carbocycles. The van der Waals surface area contributed by atoms with Crippen LogP contribution in [0.2, 0.25) is 0 Å². The minimum absolute atomic E-state index is 0.388. The van der Waals surface area contributed by atoms with Crippen LogP contribution in [0.3, 0.4) is 0 Å². The van der Waals surface area contributed by atoms with E-state index in [9.17, 15) is 0 Å². The van der Waals surface area contributed by atoms with Crippen LogP contribution in [0.4, 0.5) is 5.82 Å². The largest absolute Gasteiger partial charge is 0.389 e. The Morgan fingerprint density at radius 2 is 1.78 bits per heavy atom. The highest BCUT2D eigenvalue weighted by Gasteiger charge is 2.19. The number of hydrogen-bond acceptors (Lipinski definition) is 3. The highest BCUT2D eigenvalue weighted by molar-refractivity contribution is 7.80. The minimum Gasteiger partial charge on any atom is -0.389 e. The van der Waals surface area contributed by atoms with Gasteiger partial charge in [-0.1, -0.05) is 36.5 Å². The van der Waals surface area contributed by atoms with Gasteiger partial charge in [0.25, 0.3) is 0 Å². The van der Waals surface area contributed by atoms with Crippen LogP contribution in [0.25, 0.3) is 0 Å². The lowest BCUT2D eigenvalue weighted by atomic mass is 10.1. The van der Waals surface area contributed by atoms with Gasteiger partial charge in [-0.05, 0) is 23.3 Å². The molecule has 4 heteroatoms. The summed E-state index contributed by atoms with van der Waals surface area (Å²) in [5.74, 6) is 0.964. The van der Waals surface area contributed by atoms with Crippen LogP contribution in [0.5, 0.6) is 0 Å². The van der Waals surface area contributed by atoms with Gasteiger partial charge in [-0.25, -0.2) is 4.98 Å². The molecule has 0 amide bonds. The molecule has 0 atom stereocenters. The Morgan fingerprint density at radius 3 is 2.28 bits per heavy atom. The van der Waals surface area contributed by atoms with E-state index in [0.29, 0.717) is 4.99 Å². The van der Waals surface area contributed by atoms with E-state index in [0.717, 1.165) is 24.5 Å². The average molecular weight is 255 g/mol. The van der Waals surface area contributed by atoms with Gasteiger partial charge in [0.1, 0.15) is 10.8 Å². The maximum Gasteiger partial charge on any atom is 0.129 e. The predicted octanol–water partition coefficient (Wildman–Crippen LogP) is 2.24. The Kier molecular flexibility index (Phi) is 2.72. The van der Waals surface area contributed by atoms with E-state index >= 15 is 0 Å². The molecule has 0 bridgehead atoms. The summed E-state index contributed by atoms with van der Waals surface area (Å²) in [6.07, 6.45) is 1.74. The van der Waals surface area contributed by atoms with Crippen molar-refractivity contribution >= 4 is 23.0 Å². The first-order valence-electron chi connectivity index (χ1n) is 5.81. The molecule has 18 heavy (non-hydrogen) atoms. The number of pyridine rings is 1. The van der Waals surface area contributed by atoms with E-state index in [1.54, 1.807) is 6.20 Å². The van der Waals surface area contributed by atoms with Crippen molar-refractivity contribution in [3.05, 3.63) is 59.3 Å². The first kappa shape index (κ1) is 11.2. The summed E-state index contributed by atoms with van der Waals surface area (Å²) < 4.78 is 0. The summed E-state index contributed by atoms with van der Waals surface area (Å²) in [6, 6.07) is 12.4. The lowest BCUT2D eigenvalue weighted by Crippen LogP contribution is -2.17. The Hall–Kier alpha value is -1.94. The van der Waals surface area contributed by atoms with Gasteiger partial charge in [-0.3, -0.25) is 0 Å². The molecule has 90 valence electrons. The maximum atomic E-state index is 5.56.